The Hall–Kier alpha value is -1.48. The van der Waals surface area contributed by atoms with E-state index < -0.39 is 0 Å². The molecule has 0 heterocycles. The summed E-state index contributed by atoms with van der Waals surface area (Å²) in [4.78, 5) is 0. The van der Waals surface area contributed by atoms with E-state index in [1.807, 2.05) is 30.3 Å². The normalized spacial score (nSPS) is 10.3. The van der Waals surface area contributed by atoms with Crippen molar-refractivity contribution in [1.82, 2.24) is 0 Å². The summed E-state index contributed by atoms with van der Waals surface area (Å²) in [5.41, 5.74) is 1.91. The first-order valence-corrected chi connectivity index (χ1v) is 5.71. The minimum atomic E-state index is 0.0503. The summed E-state index contributed by atoms with van der Waals surface area (Å²) in [6.07, 6.45) is 0.644. The van der Waals surface area contributed by atoms with E-state index >= 15 is 0 Å². The highest BCUT2D eigenvalue weighted by atomic mass is 79.9. The van der Waals surface area contributed by atoms with Crippen molar-refractivity contribution in [2.45, 2.75) is 6.42 Å². The van der Waals surface area contributed by atoms with Crippen LogP contribution < -0.4 is 0 Å². The van der Waals surface area contributed by atoms with Gasteiger partial charge in [-0.1, -0.05) is 36.4 Å². The van der Waals surface area contributed by atoms with Crippen LogP contribution in [0.1, 0.15) is 11.1 Å². The van der Waals surface area contributed by atoms with Gasteiger partial charge in [-0.15, -0.1) is 0 Å². The van der Waals surface area contributed by atoms with E-state index in [1.165, 1.54) is 0 Å². The van der Waals surface area contributed by atoms with Crippen molar-refractivity contribution in [2.75, 3.05) is 0 Å². The van der Waals surface area contributed by atoms with Crippen LogP contribution in [0, 0.1) is 0 Å². The van der Waals surface area contributed by atoms with Crippen LogP contribution in [0.2, 0.25) is 0 Å². The molecule has 82 valence electrons. The minimum absolute atomic E-state index is 0.0503. The summed E-state index contributed by atoms with van der Waals surface area (Å²) in [5.74, 6) is 0.151. The van der Waals surface area contributed by atoms with Gasteiger partial charge in [0.05, 0.1) is 0 Å². The van der Waals surface area contributed by atoms with Crippen LogP contribution >= 0.6 is 15.9 Å². The fraction of sp³-hybridized carbons (Fsp3) is 0.0769. The molecular weight excluding hydrogens is 268 g/mol. The average Bonchev–Trinajstić information content (AvgIpc) is 2.31. The number of phenols is 2. The predicted molar refractivity (Wildman–Crippen MR) is 66.7 cm³/mol. The fourth-order valence-corrected chi connectivity index (χ4v) is 1.94. The first-order chi connectivity index (χ1) is 7.68. The number of benzene rings is 2. The summed E-state index contributed by atoms with van der Waals surface area (Å²) in [5, 5.41) is 19.2. The molecule has 0 saturated heterocycles. The molecule has 0 spiro atoms. The van der Waals surface area contributed by atoms with Crippen LogP contribution in [-0.2, 0) is 6.42 Å². The Kier molecular flexibility index (Phi) is 3.15. The highest BCUT2D eigenvalue weighted by Crippen LogP contribution is 2.36. The Morgan fingerprint density at radius 2 is 1.62 bits per heavy atom. The molecule has 2 nitrogen and oxygen atoms in total. The van der Waals surface area contributed by atoms with Crippen LogP contribution in [0.3, 0.4) is 0 Å². The lowest BCUT2D eigenvalue weighted by atomic mass is 10.0. The van der Waals surface area contributed by atoms with Crippen molar-refractivity contribution < 1.29 is 10.2 Å². The van der Waals surface area contributed by atoms with E-state index in [0.717, 1.165) is 11.1 Å². The predicted octanol–water partition coefficient (Wildman–Crippen LogP) is 3.45. The van der Waals surface area contributed by atoms with Crippen LogP contribution in [0.5, 0.6) is 11.5 Å². The van der Waals surface area contributed by atoms with Crippen LogP contribution in [0.15, 0.2) is 46.9 Å². The highest BCUT2D eigenvalue weighted by Gasteiger charge is 2.09. The van der Waals surface area contributed by atoms with Crippen LogP contribution in [0.4, 0.5) is 0 Å². The lowest BCUT2D eigenvalue weighted by molar-refractivity contribution is 0.441. The van der Waals surface area contributed by atoms with Crippen LogP contribution in [-0.4, -0.2) is 10.2 Å². The first-order valence-electron chi connectivity index (χ1n) is 4.91. The molecule has 0 amide bonds. The van der Waals surface area contributed by atoms with E-state index in [-0.39, 0.29) is 11.5 Å². The Labute approximate surface area is 102 Å². The smallest absolute Gasteiger partial charge is 0.137 e. The van der Waals surface area contributed by atoms with Gasteiger partial charge in [0.15, 0.2) is 0 Å². The number of hydrogen-bond acceptors (Lipinski definition) is 2. The summed E-state index contributed by atoms with van der Waals surface area (Å²) in [7, 11) is 0. The largest absolute Gasteiger partial charge is 0.507 e. The van der Waals surface area contributed by atoms with Gasteiger partial charge >= 0.3 is 0 Å². The average molecular weight is 279 g/mol. The zero-order valence-corrected chi connectivity index (χ0v) is 10.1. The highest BCUT2D eigenvalue weighted by molar-refractivity contribution is 9.10. The lowest BCUT2D eigenvalue weighted by Gasteiger charge is -2.07. The molecule has 0 aliphatic heterocycles. The zero-order chi connectivity index (χ0) is 11.5. The zero-order valence-electron chi connectivity index (χ0n) is 8.52. The van der Waals surface area contributed by atoms with E-state index in [1.54, 1.807) is 12.1 Å². The minimum Gasteiger partial charge on any atom is -0.507 e. The van der Waals surface area contributed by atoms with Gasteiger partial charge in [-0.3, -0.25) is 0 Å². The van der Waals surface area contributed by atoms with Crippen molar-refractivity contribution in [3.63, 3.8) is 0 Å². The van der Waals surface area contributed by atoms with Crippen molar-refractivity contribution >= 4 is 15.9 Å². The summed E-state index contributed by atoms with van der Waals surface area (Å²) in [6.45, 7) is 0. The Balaban J connectivity index is 2.33. The number of aromatic hydroxyl groups is 2. The first kappa shape index (κ1) is 11.0. The van der Waals surface area contributed by atoms with E-state index in [0.29, 0.717) is 10.9 Å². The quantitative estimate of drug-likeness (QED) is 0.883. The topological polar surface area (TPSA) is 40.5 Å². The maximum atomic E-state index is 9.83. The molecule has 2 N–H and O–H groups in total. The standard InChI is InChI=1S/C13H11BrO2/c14-12-11(15)7-6-10(13(12)16)8-9-4-2-1-3-5-9/h1-7,15-16H,8H2. The maximum absolute atomic E-state index is 9.83. The van der Waals surface area contributed by atoms with Gasteiger partial charge in [-0.2, -0.15) is 0 Å². The molecule has 0 atom stereocenters. The molecule has 0 bridgehead atoms. The number of rotatable bonds is 2. The van der Waals surface area contributed by atoms with Gasteiger partial charge in [-0.05, 0) is 33.1 Å². The molecule has 0 unspecified atom stereocenters. The molecule has 0 fully saturated rings. The van der Waals surface area contributed by atoms with Gasteiger partial charge in [0.25, 0.3) is 0 Å². The molecule has 0 aliphatic rings. The molecule has 2 rings (SSSR count). The summed E-state index contributed by atoms with van der Waals surface area (Å²) in [6, 6.07) is 13.2. The Morgan fingerprint density at radius 3 is 2.31 bits per heavy atom. The summed E-state index contributed by atoms with van der Waals surface area (Å²) < 4.78 is 0.348. The molecular formula is C13H11BrO2. The molecule has 0 aliphatic carbocycles. The van der Waals surface area contributed by atoms with E-state index in [2.05, 4.69) is 15.9 Å². The van der Waals surface area contributed by atoms with Gasteiger partial charge < -0.3 is 10.2 Å². The SMILES string of the molecule is Oc1ccc(Cc2ccccc2)c(O)c1Br. The molecule has 0 radical (unpaired) electrons. The van der Waals surface area contributed by atoms with Crippen LogP contribution in [0.25, 0.3) is 0 Å². The molecule has 0 saturated carbocycles. The van der Waals surface area contributed by atoms with Crippen molar-refractivity contribution in [2.24, 2.45) is 0 Å². The molecule has 16 heavy (non-hydrogen) atoms. The molecule has 2 aromatic carbocycles. The van der Waals surface area contributed by atoms with Gasteiger partial charge in [0.2, 0.25) is 0 Å². The van der Waals surface area contributed by atoms with Crippen molar-refractivity contribution in [3.8, 4) is 11.5 Å². The Bertz CT molecular complexity index is 495. The summed E-state index contributed by atoms with van der Waals surface area (Å²) >= 11 is 3.14. The molecule has 0 aromatic heterocycles. The van der Waals surface area contributed by atoms with E-state index in [4.69, 9.17) is 0 Å². The second-order valence-electron chi connectivity index (χ2n) is 3.57. The van der Waals surface area contributed by atoms with Crippen molar-refractivity contribution in [1.29, 1.82) is 0 Å². The third-order valence-corrected chi connectivity index (χ3v) is 3.20. The van der Waals surface area contributed by atoms with Gasteiger partial charge in [-0.25, -0.2) is 0 Å². The second kappa shape index (κ2) is 4.58. The fourth-order valence-electron chi connectivity index (χ4n) is 1.55. The lowest BCUT2D eigenvalue weighted by Crippen LogP contribution is -1.89. The molecule has 2 aromatic rings. The third-order valence-electron chi connectivity index (χ3n) is 2.42. The van der Waals surface area contributed by atoms with E-state index in [9.17, 15) is 10.2 Å². The number of hydrogen-bond donors (Lipinski definition) is 2. The molecule has 3 heteroatoms. The number of phenolic OH excluding ortho intramolecular Hbond substituents is 2. The third kappa shape index (κ3) is 2.19. The van der Waals surface area contributed by atoms with Crippen molar-refractivity contribution in [3.05, 3.63) is 58.1 Å². The maximum Gasteiger partial charge on any atom is 0.137 e. The van der Waals surface area contributed by atoms with Gasteiger partial charge in [0, 0.05) is 6.42 Å². The number of halogens is 1. The monoisotopic (exact) mass is 278 g/mol. The Morgan fingerprint density at radius 1 is 0.938 bits per heavy atom. The van der Waals surface area contributed by atoms with Gasteiger partial charge in [0.1, 0.15) is 16.0 Å². The second-order valence-corrected chi connectivity index (χ2v) is 4.36.